The SMILES string of the molecule is OC/C=C\[C@H](O)CC/C(=C/c1ccccc1O)c1ccccc1. The fourth-order valence-electron chi connectivity index (χ4n) is 2.37. The Hall–Kier alpha value is -2.36. The predicted molar refractivity (Wildman–Crippen MR) is 93.9 cm³/mol. The summed E-state index contributed by atoms with van der Waals surface area (Å²) < 4.78 is 0. The molecule has 120 valence electrons. The molecule has 0 aliphatic carbocycles. The molecular formula is C20H22O3. The Labute approximate surface area is 136 Å². The Balaban J connectivity index is 2.23. The maximum absolute atomic E-state index is 9.97. The molecule has 0 aliphatic heterocycles. The molecule has 2 aromatic rings. The molecule has 2 aromatic carbocycles. The van der Waals surface area contributed by atoms with Crippen LogP contribution in [0.5, 0.6) is 5.75 Å². The Morgan fingerprint density at radius 2 is 1.70 bits per heavy atom. The van der Waals surface area contributed by atoms with E-state index >= 15 is 0 Å². The van der Waals surface area contributed by atoms with Crippen LogP contribution in [0.4, 0.5) is 0 Å². The second-order valence-electron chi connectivity index (χ2n) is 5.31. The van der Waals surface area contributed by atoms with Crippen LogP contribution >= 0.6 is 0 Å². The zero-order valence-corrected chi connectivity index (χ0v) is 13.0. The van der Waals surface area contributed by atoms with Crippen LogP contribution in [0.3, 0.4) is 0 Å². The van der Waals surface area contributed by atoms with Crippen molar-refractivity contribution in [1.29, 1.82) is 0 Å². The summed E-state index contributed by atoms with van der Waals surface area (Å²) in [7, 11) is 0. The van der Waals surface area contributed by atoms with Crippen LogP contribution in [0.2, 0.25) is 0 Å². The number of para-hydroxylation sites is 1. The van der Waals surface area contributed by atoms with Gasteiger partial charge in [0.1, 0.15) is 5.75 Å². The van der Waals surface area contributed by atoms with Crippen molar-refractivity contribution in [3.8, 4) is 5.75 Å². The van der Waals surface area contributed by atoms with Crippen molar-refractivity contribution in [2.75, 3.05) is 6.61 Å². The van der Waals surface area contributed by atoms with Gasteiger partial charge in [-0.3, -0.25) is 0 Å². The second kappa shape index (κ2) is 8.93. The van der Waals surface area contributed by atoms with E-state index in [1.54, 1.807) is 24.3 Å². The number of aliphatic hydroxyl groups is 2. The van der Waals surface area contributed by atoms with Gasteiger partial charge in [0.15, 0.2) is 0 Å². The van der Waals surface area contributed by atoms with Gasteiger partial charge in [-0.1, -0.05) is 60.7 Å². The van der Waals surface area contributed by atoms with Crippen molar-refractivity contribution < 1.29 is 15.3 Å². The highest BCUT2D eigenvalue weighted by Crippen LogP contribution is 2.27. The lowest BCUT2D eigenvalue weighted by Crippen LogP contribution is -2.02. The van der Waals surface area contributed by atoms with Gasteiger partial charge in [0.25, 0.3) is 0 Å². The normalized spacial score (nSPS) is 13.4. The molecule has 3 nitrogen and oxygen atoms in total. The minimum Gasteiger partial charge on any atom is -0.507 e. The van der Waals surface area contributed by atoms with Crippen molar-refractivity contribution >= 4 is 11.6 Å². The van der Waals surface area contributed by atoms with Crippen molar-refractivity contribution in [3.05, 3.63) is 77.9 Å². The second-order valence-corrected chi connectivity index (χ2v) is 5.31. The molecule has 1 atom stereocenters. The highest BCUT2D eigenvalue weighted by molar-refractivity contribution is 5.82. The van der Waals surface area contributed by atoms with E-state index in [4.69, 9.17) is 5.11 Å². The van der Waals surface area contributed by atoms with Gasteiger partial charge in [0.05, 0.1) is 12.7 Å². The van der Waals surface area contributed by atoms with Gasteiger partial charge >= 0.3 is 0 Å². The highest BCUT2D eigenvalue weighted by Gasteiger charge is 2.07. The third-order valence-electron chi connectivity index (χ3n) is 3.58. The molecule has 0 amide bonds. The Morgan fingerprint density at radius 1 is 1.00 bits per heavy atom. The van der Waals surface area contributed by atoms with Crippen molar-refractivity contribution in [1.82, 2.24) is 0 Å². The molecule has 0 saturated heterocycles. The summed E-state index contributed by atoms with van der Waals surface area (Å²) >= 11 is 0. The van der Waals surface area contributed by atoms with E-state index in [0.29, 0.717) is 12.8 Å². The first-order valence-electron chi connectivity index (χ1n) is 7.70. The highest BCUT2D eigenvalue weighted by atomic mass is 16.3. The Kier molecular flexibility index (Phi) is 6.60. The van der Waals surface area contributed by atoms with Crippen molar-refractivity contribution in [2.24, 2.45) is 0 Å². The van der Waals surface area contributed by atoms with Crippen LogP contribution in [-0.2, 0) is 0 Å². The average Bonchev–Trinajstić information content (AvgIpc) is 2.59. The minimum absolute atomic E-state index is 0.0731. The minimum atomic E-state index is -0.598. The van der Waals surface area contributed by atoms with E-state index in [1.807, 2.05) is 48.5 Å². The Morgan fingerprint density at radius 3 is 2.39 bits per heavy atom. The van der Waals surface area contributed by atoms with E-state index in [0.717, 1.165) is 16.7 Å². The summed E-state index contributed by atoms with van der Waals surface area (Å²) in [5.41, 5.74) is 2.87. The van der Waals surface area contributed by atoms with Crippen LogP contribution in [0.25, 0.3) is 11.6 Å². The lowest BCUT2D eigenvalue weighted by molar-refractivity contribution is 0.213. The third-order valence-corrected chi connectivity index (χ3v) is 3.58. The standard InChI is InChI=1S/C20H22O3/c21-14-6-10-19(22)13-12-17(16-7-2-1-3-8-16)15-18-9-4-5-11-20(18)23/h1-11,15,19,21-23H,12-14H2/b10-6-,17-15-/t19-/m0/s1. The number of hydrogen-bond donors (Lipinski definition) is 3. The molecule has 0 aromatic heterocycles. The third kappa shape index (κ3) is 5.40. The van der Waals surface area contributed by atoms with Gasteiger partial charge in [-0.15, -0.1) is 0 Å². The first-order valence-corrected chi connectivity index (χ1v) is 7.70. The molecule has 3 N–H and O–H groups in total. The topological polar surface area (TPSA) is 60.7 Å². The quantitative estimate of drug-likeness (QED) is 0.541. The predicted octanol–water partition coefficient (Wildman–Crippen LogP) is 3.62. The van der Waals surface area contributed by atoms with E-state index in [-0.39, 0.29) is 12.4 Å². The number of benzene rings is 2. The van der Waals surface area contributed by atoms with Gasteiger partial charge in [0.2, 0.25) is 0 Å². The molecule has 23 heavy (non-hydrogen) atoms. The molecule has 2 rings (SSSR count). The largest absolute Gasteiger partial charge is 0.507 e. The molecule has 0 aliphatic rings. The molecule has 0 heterocycles. The number of aliphatic hydroxyl groups excluding tert-OH is 2. The van der Waals surface area contributed by atoms with Gasteiger partial charge in [-0.05, 0) is 36.1 Å². The van der Waals surface area contributed by atoms with Crippen LogP contribution in [-0.4, -0.2) is 28.0 Å². The van der Waals surface area contributed by atoms with Crippen LogP contribution in [0.15, 0.2) is 66.7 Å². The lowest BCUT2D eigenvalue weighted by Gasteiger charge is -2.11. The first kappa shape index (κ1) is 17.0. The maximum Gasteiger partial charge on any atom is 0.122 e. The molecule has 0 fully saturated rings. The summed E-state index contributed by atoms with van der Waals surface area (Å²) in [6.07, 6.45) is 5.70. The number of aromatic hydroxyl groups is 1. The monoisotopic (exact) mass is 310 g/mol. The number of phenols is 1. The molecule has 0 unspecified atom stereocenters. The van der Waals surface area contributed by atoms with Gasteiger partial charge < -0.3 is 15.3 Å². The molecule has 3 heteroatoms. The zero-order valence-electron chi connectivity index (χ0n) is 13.0. The summed E-state index contributed by atoms with van der Waals surface area (Å²) in [5, 5.41) is 28.6. The fourth-order valence-corrected chi connectivity index (χ4v) is 2.37. The van der Waals surface area contributed by atoms with Crippen LogP contribution < -0.4 is 0 Å². The van der Waals surface area contributed by atoms with E-state index in [2.05, 4.69) is 0 Å². The maximum atomic E-state index is 9.97. The molecule has 0 radical (unpaired) electrons. The van der Waals surface area contributed by atoms with E-state index in [1.165, 1.54) is 0 Å². The Bertz CT molecular complexity index is 660. The van der Waals surface area contributed by atoms with E-state index in [9.17, 15) is 10.2 Å². The van der Waals surface area contributed by atoms with E-state index < -0.39 is 6.10 Å². The van der Waals surface area contributed by atoms with Gasteiger partial charge in [-0.2, -0.15) is 0 Å². The summed E-state index contributed by atoms with van der Waals surface area (Å²) in [6.45, 7) is -0.0731. The van der Waals surface area contributed by atoms with Crippen molar-refractivity contribution in [2.45, 2.75) is 18.9 Å². The zero-order chi connectivity index (χ0) is 16.5. The van der Waals surface area contributed by atoms with Crippen molar-refractivity contribution in [3.63, 3.8) is 0 Å². The number of rotatable bonds is 7. The van der Waals surface area contributed by atoms with Gasteiger partial charge in [0, 0.05) is 5.56 Å². The van der Waals surface area contributed by atoms with Crippen LogP contribution in [0, 0.1) is 0 Å². The molecular weight excluding hydrogens is 288 g/mol. The molecule has 0 saturated carbocycles. The van der Waals surface area contributed by atoms with Crippen LogP contribution in [0.1, 0.15) is 24.0 Å². The average molecular weight is 310 g/mol. The number of phenolic OH excluding ortho intramolecular Hbond substituents is 1. The lowest BCUT2D eigenvalue weighted by atomic mass is 9.96. The molecule has 0 bridgehead atoms. The fraction of sp³-hybridized carbons (Fsp3) is 0.200. The summed E-state index contributed by atoms with van der Waals surface area (Å²) in [5.74, 6) is 0.238. The summed E-state index contributed by atoms with van der Waals surface area (Å²) in [4.78, 5) is 0. The molecule has 0 spiro atoms. The first-order chi connectivity index (χ1) is 11.2. The number of allylic oxidation sites excluding steroid dienone is 1. The summed E-state index contributed by atoms with van der Waals surface area (Å²) in [6, 6.07) is 17.1. The smallest absolute Gasteiger partial charge is 0.122 e. The number of hydrogen-bond acceptors (Lipinski definition) is 3. The van der Waals surface area contributed by atoms with Gasteiger partial charge in [-0.25, -0.2) is 0 Å².